The molecule has 2 heterocycles. The lowest BCUT2D eigenvalue weighted by molar-refractivity contribution is 0.306. The van der Waals surface area contributed by atoms with Crippen LogP contribution in [0.3, 0.4) is 0 Å². The fourth-order valence-electron chi connectivity index (χ4n) is 3.73. The summed E-state index contributed by atoms with van der Waals surface area (Å²) in [6.45, 7) is -4.47. The highest BCUT2D eigenvalue weighted by Gasteiger charge is 2.11. The summed E-state index contributed by atoms with van der Waals surface area (Å²) in [5.74, 6) is 0.182. The molecule has 0 unspecified atom stereocenters. The van der Waals surface area contributed by atoms with Crippen LogP contribution in [0, 0.1) is 5.82 Å². The fraction of sp³-hybridized carbons (Fsp3) is 0.172. The van der Waals surface area contributed by atoms with Crippen LogP contribution in [0.5, 0.6) is 5.75 Å². The van der Waals surface area contributed by atoms with E-state index in [-0.39, 0.29) is 22.9 Å². The summed E-state index contributed by atoms with van der Waals surface area (Å²) >= 11 is 6.42. The van der Waals surface area contributed by atoms with Gasteiger partial charge in [0.1, 0.15) is 51.6 Å². The van der Waals surface area contributed by atoms with Gasteiger partial charge in [-0.3, -0.25) is 0 Å². The molecule has 0 aliphatic heterocycles. The van der Waals surface area contributed by atoms with E-state index in [9.17, 15) is 12.8 Å². The van der Waals surface area contributed by atoms with Gasteiger partial charge in [0.25, 0.3) is 0 Å². The third kappa shape index (κ3) is 7.15. The number of aromatic nitrogens is 2. The third-order valence-corrected chi connectivity index (χ3v) is 6.57. The lowest BCUT2D eigenvalue weighted by Gasteiger charge is -2.12. The number of anilines is 2. The van der Waals surface area contributed by atoms with Crippen molar-refractivity contribution in [3.05, 3.63) is 101 Å². The number of halogens is 2. The van der Waals surface area contributed by atoms with Gasteiger partial charge in [-0.15, -0.1) is 0 Å². The van der Waals surface area contributed by atoms with Crippen molar-refractivity contribution in [3.8, 4) is 17.1 Å². The summed E-state index contributed by atoms with van der Waals surface area (Å²) in [7, 11) is -3.52. The highest BCUT2D eigenvalue weighted by atomic mass is 35.5. The van der Waals surface area contributed by atoms with Crippen molar-refractivity contribution in [3.63, 3.8) is 0 Å². The van der Waals surface area contributed by atoms with Crippen molar-refractivity contribution in [1.29, 1.82) is 0 Å². The minimum absolute atomic E-state index is 0.00630. The highest BCUT2D eigenvalue weighted by molar-refractivity contribution is 7.90. The van der Waals surface area contributed by atoms with Crippen molar-refractivity contribution in [1.82, 2.24) is 15.3 Å². The average molecular weight is 585 g/mol. The lowest BCUT2D eigenvalue weighted by Crippen LogP contribution is -2.21. The minimum Gasteiger partial charge on any atom is -0.487 e. The number of fused-ring (bicyclic) bond motifs is 1. The maximum Gasteiger partial charge on any atom is 0.148 e. The van der Waals surface area contributed by atoms with Crippen LogP contribution in [0.4, 0.5) is 15.9 Å². The van der Waals surface area contributed by atoms with Crippen LogP contribution in [0.2, 0.25) is 5.02 Å². The predicted octanol–water partition coefficient (Wildman–Crippen LogP) is 6.14. The number of hydrogen-bond donors (Lipinski definition) is 2. The molecule has 5 aromatic rings. The zero-order valence-electron chi connectivity index (χ0n) is 25.1. The molecule has 0 fully saturated rings. The Hall–Kier alpha value is -3.99. The molecule has 11 heteroatoms. The quantitative estimate of drug-likeness (QED) is 0.191. The van der Waals surface area contributed by atoms with Gasteiger partial charge in [-0.25, -0.2) is 22.8 Å². The largest absolute Gasteiger partial charge is 0.487 e. The SMILES string of the molecule is [2H]C([2H])(CS(C)(=O)=O)NCc1ccc(-c2ccc3ncnc(Nc4ccc(OC([2H])([2H])c5cccc(F)c5)c(Cl)c4)c3c2)o1. The molecule has 0 bridgehead atoms. The summed E-state index contributed by atoms with van der Waals surface area (Å²) in [5, 5.41) is 6.53. The number of benzene rings is 3. The normalized spacial score (nSPS) is 13.8. The van der Waals surface area contributed by atoms with Gasteiger partial charge < -0.3 is 19.8 Å². The van der Waals surface area contributed by atoms with Crippen molar-refractivity contribution in [2.45, 2.75) is 13.1 Å². The summed E-state index contributed by atoms with van der Waals surface area (Å²) in [6, 6.07) is 18.6. The van der Waals surface area contributed by atoms with E-state index < -0.39 is 34.5 Å². The van der Waals surface area contributed by atoms with E-state index in [0.717, 1.165) is 12.3 Å². The standard InChI is InChI=1S/C29H26ClFN4O4S/c1-40(36,37)12-11-32-16-23-7-10-27(39-23)20-5-8-26-24(14-20)29(34-18-33-26)35-22-6-9-28(25(30)15-22)38-17-19-3-2-4-21(31)13-19/h2-10,13-15,18,32H,11-12,16-17H2,1H3,(H,33,34,35)/i11D2,17D2. The van der Waals surface area contributed by atoms with Crippen molar-refractivity contribution >= 4 is 43.8 Å². The third-order valence-electron chi connectivity index (χ3n) is 5.60. The summed E-state index contributed by atoms with van der Waals surface area (Å²) in [6.07, 6.45) is 2.37. The van der Waals surface area contributed by atoms with Crippen LogP contribution >= 0.6 is 11.6 Å². The number of nitrogens with one attached hydrogen (secondary N) is 2. The number of sulfone groups is 1. The van der Waals surface area contributed by atoms with E-state index in [1.807, 2.05) is 12.1 Å². The van der Waals surface area contributed by atoms with Gasteiger partial charge in [-0.2, -0.15) is 0 Å². The Morgan fingerprint density at radius 3 is 2.75 bits per heavy atom. The van der Waals surface area contributed by atoms with Crippen LogP contribution < -0.4 is 15.4 Å². The zero-order chi connectivity index (χ0) is 31.7. The van der Waals surface area contributed by atoms with Crippen molar-refractivity contribution in [2.24, 2.45) is 0 Å². The number of ether oxygens (including phenoxy) is 1. The molecule has 0 spiro atoms. The van der Waals surface area contributed by atoms with Crippen LogP contribution in [0.25, 0.3) is 22.2 Å². The summed E-state index contributed by atoms with van der Waals surface area (Å²) in [5.41, 5.74) is 1.88. The van der Waals surface area contributed by atoms with E-state index >= 15 is 0 Å². The molecule has 3 aromatic carbocycles. The Labute approximate surface area is 241 Å². The van der Waals surface area contributed by atoms with Gasteiger partial charge in [0, 0.05) is 32.1 Å². The minimum atomic E-state index is -3.52. The molecular formula is C29H26ClFN4O4S. The van der Waals surface area contributed by atoms with E-state index in [4.69, 9.17) is 26.2 Å². The monoisotopic (exact) mass is 584 g/mol. The first-order valence-electron chi connectivity index (χ1n) is 14.0. The van der Waals surface area contributed by atoms with Crippen LogP contribution in [-0.2, 0) is 22.9 Å². The van der Waals surface area contributed by atoms with Gasteiger partial charge in [0.2, 0.25) is 0 Å². The van der Waals surface area contributed by atoms with E-state index in [2.05, 4.69) is 20.6 Å². The van der Waals surface area contributed by atoms with E-state index in [1.165, 1.54) is 30.6 Å². The smallest absolute Gasteiger partial charge is 0.148 e. The number of nitrogens with zero attached hydrogens (tertiary/aromatic N) is 2. The van der Waals surface area contributed by atoms with Crippen molar-refractivity contribution in [2.75, 3.05) is 23.8 Å². The molecule has 2 N–H and O–H groups in total. The average Bonchev–Trinajstić information content (AvgIpc) is 3.42. The molecule has 0 aliphatic rings. The molecule has 0 radical (unpaired) electrons. The Morgan fingerprint density at radius 1 is 1.07 bits per heavy atom. The van der Waals surface area contributed by atoms with E-state index in [1.54, 1.807) is 30.3 Å². The molecule has 0 aliphatic carbocycles. The zero-order valence-corrected chi connectivity index (χ0v) is 22.7. The summed E-state index contributed by atoms with van der Waals surface area (Å²) in [4.78, 5) is 8.68. The molecule has 5 rings (SSSR count). The number of rotatable bonds is 11. The second kappa shape index (κ2) is 12.0. The molecule has 206 valence electrons. The molecule has 0 saturated heterocycles. The molecule has 40 heavy (non-hydrogen) atoms. The second-order valence-corrected chi connectivity index (χ2v) is 11.4. The molecule has 2 aromatic heterocycles. The van der Waals surface area contributed by atoms with E-state index in [0.29, 0.717) is 39.5 Å². The molecular weight excluding hydrogens is 555 g/mol. The van der Waals surface area contributed by atoms with Gasteiger partial charge in [0.15, 0.2) is 0 Å². The van der Waals surface area contributed by atoms with Crippen LogP contribution in [-0.4, -0.2) is 36.9 Å². The van der Waals surface area contributed by atoms with Gasteiger partial charge in [-0.1, -0.05) is 23.7 Å². The Balaban J connectivity index is 1.33. The molecule has 0 saturated carbocycles. The first-order valence-corrected chi connectivity index (χ1v) is 14.4. The topological polar surface area (TPSA) is 106 Å². The predicted molar refractivity (Wildman–Crippen MR) is 154 cm³/mol. The number of furan rings is 1. The Kier molecular flexibility index (Phi) is 6.86. The Bertz CT molecular complexity index is 1940. The maximum absolute atomic E-state index is 13.6. The second-order valence-electron chi connectivity index (χ2n) is 8.81. The maximum atomic E-state index is 13.6. The first kappa shape index (κ1) is 22.8. The highest BCUT2D eigenvalue weighted by Crippen LogP contribution is 2.32. The fourth-order valence-corrected chi connectivity index (χ4v) is 4.32. The Morgan fingerprint density at radius 2 is 1.95 bits per heavy atom. The lowest BCUT2D eigenvalue weighted by atomic mass is 10.1. The van der Waals surface area contributed by atoms with Gasteiger partial charge in [0.05, 0.1) is 25.6 Å². The molecule has 8 nitrogen and oxygen atoms in total. The van der Waals surface area contributed by atoms with Gasteiger partial charge >= 0.3 is 0 Å². The van der Waals surface area contributed by atoms with Crippen LogP contribution in [0.1, 0.15) is 16.8 Å². The summed E-state index contributed by atoms with van der Waals surface area (Å²) < 4.78 is 80.2. The number of hydrogen-bond acceptors (Lipinski definition) is 8. The molecule has 0 amide bonds. The molecule has 0 atom stereocenters. The van der Waals surface area contributed by atoms with Crippen molar-refractivity contribution < 1.29 is 27.4 Å². The first-order chi connectivity index (χ1) is 20.7. The van der Waals surface area contributed by atoms with Crippen LogP contribution in [0.15, 0.2) is 83.5 Å². The van der Waals surface area contributed by atoms with Gasteiger partial charge in [-0.05, 0) is 66.2 Å².